The largest absolute Gasteiger partial charge is 0.434 e. The fraction of sp³-hybridized carbons (Fsp3) is 0.0714. The monoisotopic (exact) mass is 253 g/mol. The standard InChI is InChI=1S/C14H11N3O2/c18-17(19)14-15-8-9-16(14)10-12-6-3-5-11-4-1-2-7-13(11)12/h1-9H,10H2. The summed E-state index contributed by atoms with van der Waals surface area (Å²) in [6.45, 7) is 0.442. The smallest absolute Gasteiger partial charge is 0.390 e. The number of benzene rings is 2. The van der Waals surface area contributed by atoms with E-state index in [2.05, 4.69) is 4.98 Å². The molecule has 0 N–H and O–H groups in total. The summed E-state index contributed by atoms with van der Waals surface area (Å²) < 4.78 is 1.54. The summed E-state index contributed by atoms with van der Waals surface area (Å²) in [6.07, 6.45) is 3.07. The second kappa shape index (κ2) is 4.53. The van der Waals surface area contributed by atoms with Crippen molar-refractivity contribution in [2.45, 2.75) is 6.54 Å². The van der Waals surface area contributed by atoms with E-state index in [4.69, 9.17) is 0 Å². The van der Waals surface area contributed by atoms with Crippen LogP contribution in [0.5, 0.6) is 0 Å². The third-order valence-corrected chi connectivity index (χ3v) is 3.08. The van der Waals surface area contributed by atoms with E-state index in [0.29, 0.717) is 6.54 Å². The molecule has 0 spiro atoms. The lowest BCUT2D eigenvalue weighted by molar-refractivity contribution is -0.396. The zero-order valence-corrected chi connectivity index (χ0v) is 10.1. The quantitative estimate of drug-likeness (QED) is 0.532. The molecular formula is C14H11N3O2. The van der Waals surface area contributed by atoms with Gasteiger partial charge >= 0.3 is 5.95 Å². The lowest BCUT2D eigenvalue weighted by Crippen LogP contribution is -2.04. The highest BCUT2D eigenvalue weighted by Crippen LogP contribution is 2.20. The minimum absolute atomic E-state index is 0.132. The number of nitro groups is 1. The Morgan fingerprint density at radius 2 is 1.95 bits per heavy atom. The summed E-state index contributed by atoms with van der Waals surface area (Å²) in [5.41, 5.74) is 1.04. The second-order valence-electron chi connectivity index (χ2n) is 4.25. The Balaban J connectivity index is 2.06. The lowest BCUT2D eigenvalue weighted by Gasteiger charge is -2.06. The molecule has 94 valence electrons. The Morgan fingerprint density at radius 3 is 2.79 bits per heavy atom. The van der Waals surface area contributed by atoms with Crippen molar-refractivity contribution in [1.82, 2.24) is 9.55 Å². The van der Waals surface area contributed by atoms with E-state index >= 15 is 0 Å². The van der Waals surface area contributed by atoms with Gasteiger partial charge in [-0.25, -0.2) is 4.57 Å². The molecule has 1 aromatic heterocycles. The summed E-state index contributed by atoms with van der Waals surface area (Å²) in [7, 11) is 0. The first-order valence-corrected chi connectivity index (χ1v) is 5.88. The molecule has 0 unspecified atom stereocenters. The average Bonchev–Trinajstić information content (AvgIpc) is 2.87. The van der Waals surface area contributed by atoms with Gasteiger partial charge in [0.2, 0.25) is 0 Å². The Morgan fingerprint density at radius 1 is 1.16 bits per heavy atom. The van der Waals surface area contributed by atoms with Crippen molar-refractivity contribution in [1.29, 1.82) is 0 Å². The molecule has 0 aliphatic rings. The molecule has 0 fully saturated rings. The Labute approximate surface area is 109 Å². The van der Waals surface area contributed by atoms with E-state index < -0.39 is 4.92 Å². The van der Waals surface area contributed by atoms with Crippen molar-refractivity contribution in [2.75, 3.05) is 0 Å². The van der Waals surface area contributed by atoms with Crippen molar-refractivity contribution in [3.8, 4) is 0 Å². The van der Waals surface area contributed by atoms with Gasteiger partial charge in [0.1, 0.15) is 12.4 Å². The van der Waals surface area contributed by atoms with Crippen LogP contribution in [-0.2, 0) is 6.54 Å². The third kappa shape index (κ3) is 2.06. The van der Waals surface area contributed by atoms with E-state index in [1.807, 2.05) is 42.5 Å². The molecule has 0 bridgehead atoms. The minimum Gasteiger partial charge on any atom is -0.390 e. The molecule has 0 radical (unpaired) electrons. The number of nitrogens with zero attached hydrogens (tertiary/aromatic N) is 3. The van der Waals surface area contributed by atoms with E-state index in [1.165, 1.54) is 6.20 Å². The average molecular weight is 253 g/mol. The van der Waals surface area contributed by atoms with Crippen LogP contribution in [0.2, 0.25) is 0 Å². The topological polar surface area (TPSA) is 61.0 Å². The number of fused-ring (bicyclic) bond motifs is 1. The zero-order valence-electron chi connectivity index (χ0n) is 10.1. The SMILES string of the molecule is O=[N+]([O-])c1nccn1Cc1cccc2ccccc12. The predicted molar refractivity (Wildman–Crippen MR) is 71.9 cm³/mol. The maximum absolute atomic E-state index is 10.9. The van der Waals surface area contributed by atoms with Gasteiger partial charge in [-0.15, -0.1) is 0 Å². The van der Waals surface area contributed by atoms with E-state index in [9.17, 15) is 10.1 Å². The first-order chi connectivity index (χ1) is 9.25. The number of rotatable bonds is 3. The summed E-state index contributed by atoms with van der Waals surface area (Å²) in [4.78, 5) is 14.1. The molecule has 19 heavy (non-hydrogen) atoms. The van der Waals surface area contributed by atoms with E-state index in [1.54, 1.807) is 10.8 Å². The van der Waals surface area contributed by atoms with Gasteiger partial charge in [0.15, 0.2) is 0 Å². The van der Waals surface area contributed by atoms with Crippen LogP contribution in [-0.4, -0.2) is 14.5 Å². The first-order valence-electron chi connectivity index (χ1n) is 5.88. The van der Waals surface area contributed by atoms with Crippen molar-refractivity contribution < 1.29 is 4.92 Å². The fourth-order valence-corrected chi connectivity index (χ4v) is 2.21. The van der Waals surface area contributed by atoms with Gasteiger partial charge in [-0.3, -0.25) is 0 Å². The molecular weight excluding hydrogens is 242 g/mol. The molecule has 2 aromatic carbocycles. The molecule has 0 amide bonds. The summed E-state index contributed by atoms with van der Waals surface area (Å²) in [5, 5.41) is 13.1. The lowest BCUT2D eigenvalue weighted by atomic mass is 10.0. The van der Waals surface area contributed by atoms with Crippen molar-refractivity contribution >= 4 is 16.7 Å². The van der Waals surface area contributed by atoms with Crippen LogP contribution >= 0.6 is 0 Å². The van der Waals surface area contributed by atoms with Gasteiger partial charge < -0.3 is 10.1 Å². The van der Waals surface area contributed by atoms with Crippen LogP contribution in [0.25, 0.3) is 10.8 Å². The number of hydrogen-bond acceptors (Lipinski definition) is 3. The molecule has 5 nitrogen and oxygen atoms in total. The number of aromatic nitrogens is 2. The highest BCUT2D eigenvalue weighted by Gasteiger charge is 2.14. The highest BCUT2D eigenvalue weighted by atomic mass is 16.6. The minimum atomic E-state index is -0.467. The number of hydrogen-bond donors (Lipinski definition) is 0. The third-order valence-electron chi connectivity index (χ3n) is 3.08. The molecule has 0 saturated heterocycles. The van der Waals surface area contributed by atoms with Crippen molar-refractivity contribution in [3.05, 3.63) is 70.5 Å². The number of imidazole rings is 1. The van der Waals surface area contributed by atoms with Gasteiger partial charge in [-0.1, -0.05) is 47.4 Å². The van der Waals surface area contributed by atoms with E-state index in [-0.39, 0.29) is 5.95 Å². The van der Waals surface area contributed by atoms with Crippen LogP contribution in [0.15, 0.2) is 54.9 Å². The van der Waals surface area contributed by atoms with Gasteiger partial charge in [0.05, 0.1) is 6.54 Å². The molecule has 0 aliphatic carbocycles. The van der Waals surface area contributed by atoms with Crippen molar-refractivity contribution in [3.63, 3.8) is 0 Å². The normalized spacial score (nSPS) is 10.7. The highest BCUT2D eigenvalue weighted by molar-refractivity contribution is 5.85. The van der Waals surface area contributed by atoms with Crippen LogP contribution in [0, 0.1) is 10.1 Å². The van der Waals surface area contributed by atoms with Crippen LogP contribution in [0.1, 0.15) is 5.56 Å². The Bertz CT molecular complexity index is 744. The van der Waals surface area contributed by atoms with E-state index in [0.717, 1.165) is 16.3 Å². The summed E-state index contributed by atoms with van der Waals surface area (Å²) >= 11 is 0. The first kappa shape index (κ1) is 11.4. The van der Waals surface area contributed by atoms with Crippen LogP contribution in [0.4, 0.5) is 5.95 Å². The Kier molecular flexibility index (Phi) is 2.72. The molecule has 0 saturated carbocycles. The van der Waals surface area contributed by atoms with Crippen LogP contribution in [0.3, 0.4) is 0 Å². The maximum atomic E-state index is 10.9. The van der Waals surface area contributed by atoms with Gasteiger partial charge in [0.25, 0.3) is 0 Å². The molecule has 3 aromatic rings. The van der Waals surface area contributed by atoms with Gasteiger partial charge in [-0.05, 0) is 21.3 Å². The Hall–Kier alpha value is -2.69. The summed E-state index contributed by atoms with van der Waals surface area (Å²) in [5.74, 6) is -0.132. The van der Waals surface area contributed by atoms with Crippen LogP contribution < -0.4 is 0 Å². The molecule has 0 aliphatic heterocycles. The molecule has 1 heterocycles. The van der Waals surface area contributed by atoms with Gasteiger partial charge in [-0.2, -0.15) is 0 Å². The molecule has 5 heteroatoms. The molecule has 0 atom stereocenters. The van der Waals surface area contributed by atoms with Gasteiger partial charge in [0, 0.05) is 0 Å². The molecule has 3 rings (SSSR count). The zero-order chi connectivity index (χ0) is 13.2. The van der Waals surface area contributed by atoms with Crippen molar-refractivity contribution in [2.24, 2.45) is 0 Å². The fourth-order valence-electron chi connectivity index (χ4n) is 2.21. The summed E-state index contributed by atoms with van der Waals surface area (Å²) in [6, 6.07) is 14.0. The maximum Gasteiger partial charge on any atom is 0.434 e. The second-order valence-corrected chi connectivity index (χ2v) is 4.25. The predicted octanol–water partition coefficient (Wildman–Crippen LogP) is 2.99.